The molecule has 2 N–H and O–H groups in total. The number of anilines is 1. The fraction of sp³-hybridized carbons (Fsp3) is 0.286. The molecular weight excluding hydrogens is 360 g/mol. The number of rotatable bonds is 5. The van der Waals surface area contributed by atoms with Gasteiger partial charge in [-0.2, -0.15) is 0 Å². The van der Waals surface area contributed by atoms with Crippen LogP contribution in [0.3, 0.4) is 0 Å². The number of amides is 2. The van der Waals surface area contributed by atoms with Crippen LogP contribution in [0, 0.1) is 6.92 Å². The number of hydrogen-bond donors (Lipinski definition) is 2. The summed E-state index contributed by atoms with van der Waals surface area (Å²) in [5, 5.41) is 11.9. The van der Waals surface area contributed by atoms with Crippen molar-refractivity contribution in [3.8, 4) is 0 Å². The van der Waals surface area contributed by atoms with E-state index in [1.807, 2.05) is 13.0 Å². The number of carboxylic acids is 1. The molecule has 1 atom stereocenters. The summed E-state index contributed by atoms with van der Waals surface area (Å²) in [4.78, 5) is 38.0. The Hall–Kier alpha value is -3.19. The third-order valence-corrected chi connectivity index (χ3v) is 4.67. The summed E-state index contributed by atoms with van der Waals surface area (Å²) in [6, 6.07) is 13.4. The first kappa shape index (κ1) is 19.6. The molecule has 7 heteroatoms. The van der Waals surface area contributed by atoms with Crippen LogP contribution in [-0.2, 0) is 9.53 Å². The van der Waals surface area contributed by atoms with Crippen LogP contribution >= 0.6 is 0 Å². The zero-order chi connectivity index (χ0) is 20.1. The highest BCUT2D eigenvalue weighted by Crippen LogP contribution is 2.21. The molecular formula is C21H22N2O5. The number of carbonyl (C=O) groups is 3. The smallest absolute Gasteiger partial charge is 0.305 e. The van der Waals surface area contributed by atoms with Crippen LogP contribution in [0.25, 0.3) is 0 Å². The van der Waals surface area contributed by atoms with Crippen molar-refractivity contribution in [2.45, 2.75) is 19.4 Å². The minimum absolute atomic E-state index is 0.171. The van der Waals surface area contributed by atoms with Crippen LogP contribution in [0.5, 0.6) is 0 Å². The molecule has 1 aliphatic heterocycles. The SMILES string of the molecule is Cc1ccc(C(=O)N2CCOCC2CC(=O)O)cc1NC(=O)c1ccccc1. The van der Waals surface area contributed by atoms with Gasteiger partial charge in [-0.25, -0.2) is 0 Å². The Morgan fingerprint density at radius 1 is 1.14 bits per heavy atom. The number of aryl methyl sites for hydroxylation is 1. The molecule has 1 heterocycles. The van der Waals surface area contributed by atoms with Gasteiger partial charge in [-0.15, -0.1) is 0 Å². The van der Waals surface area contributed by atoms with Gasteiger partial charge in [-0.1, -0.05) is 24.3 Å². The summed E-state index contributed by atoms with van der Waals surface area (Å²) < 4.78 is 5.33. The normalized spacial score (nSPS) is 16.5. The van der Waals surface area contributed by atoms with Gasteiger partial charge < -0.3 is 20.1 Å². The predicted molar refractivity (Wildman–Crippen MR) is 103 cm³/mol. The van der Waals surface area contributed by atoms with Gasteiger partial charge in [-0.05, 0) is 36.8 Å². The minimum atomic E-state index is -0.979. The molecule has 1 fully saturated rings. The van der Waals surface area contributed by atoms with Gasteiger partial charge in [0.2, 0.25) is 0 Å². The molecule has 0 spiro atoms. The first-order chi connectivity index (χ1) is 13.5. The standard InChI is InChI=1S/C21H22N2O5/c1-14-7-8-16(11-18(14)22-20(26)15-5-3-2-4-6-15)21(27)23-9-10-28-13-17(23)12-19(24)25/h2-8,11,17H,9-10,12-13H2,1H3,(H,22,26)(H,24,25). The topological polar surface area (TPSA) is 95.9 Å². The molecule has 1 aliphatic rings. The Kier molecular flexibility index (Phi) is 6.06. The monoisotopic (exact) mass is 382 g/mol. The number of benzene rings is 2. The third kappa shape index (κ3) is 4.55. The number of carbonyl (C=O) groups excluding carboxylic acids is 2. The van der Waals surface area contributed by atoms with Gasteiger partial charge in [0.25, 0.3) is 11.8 Å². The Morgan fingerprint density at radius 3 is 2.61 bits per heavy atom. The van der Waals surface area contributed by atoms with Crippen molar-refractivity contribution in [2.75, 3.05) is 25.1 Å². The number of nitrogens with zero attached hydrogens (tertiary/aromatic N) is 1. The second-order valence-electron chi connectivity index (χ2n) is 6.67. The summed E-state index contributed by atoms with van der Waals surface area (Å²) >= 11 is 0. The van der Waals surface area contributed by atoms with Crippen molar-refractivity contribution in [1.29, 1.82) is 0 Å². The highest BCUT2D eigenvalue weighted by Gasteiger charge is 2.30. The molecule has 0 aromatic heterocycles. The fourth-order valence-corrected chi connectivity index (χ4v) is 3.13. The molecule has 2 aromatic carbocycles. The van der Waals surface area contributed by atoms with Crippen molar-refractivity contribution >= 4 is 23.5 Å². The van der Waals surface area contributed by atoms with E-state index in [9.17, 15) is 14.4 Å². The molecule has 0 aliphatic carbocycles. The number of nitrogens with one attached hydrogen (secondary N) is 1. The number of ether oxygens (including phenoxy) is 1. The zero-order valence-electron chi connectivity index (χ0n) is 15.6. The largest absolute Gasteiger partial charge is 0.481 e. The van der Waals surface area contributed by atoms with Gasteiger partial charge in [0.15, 0.2) is 0 Å². The second kappa shape index (κ2) is 8.67. The lowest BCUT2D eigenvalue weighted by Crippen LogP contribution is -2.49. The average Bonchev–Trinajstić information content (AvgIpc) is 2.70. The van der Waals surface area contributed by atoms with Crippen LogP contribution in [-0.4, -0.2) is 53.6 Å². The van der Waals surface area contributed by atoms with Gasteiger partial charge in [0.1, 0.15) is 0 Å². The maximum Gasteiger partial charge on any atom is 0.305 e. The van der Waals surface area contributed by atoms with Crippen molar-refractivity contribution < 1.29 is 24.2 Å². The van der Waals surface area contributed by atoms with E-state index in [4.69, 9.17) is 9.84 Å². The first-order valence-electron chi connectivity index (χ1n) is 9.03. The molecule has 2 aromatic rings. The molecule has 0 saturated carbocycles. The summed E-state index contributed by atoms with van der Waals surface area (Å²) in [5.74, 6) is -1.51. The summed E-state index contributed by atoms with van der Waals surface area (Å²) in [5.41, 5.74) is 2.28. The van der Waals surface area contributed by atoms with Crippen LogP contribution in [0.2, 0.25) is 0 Å². The second-order valence-corrected chi connectivity index (χ2v) is 6.67. The van der Waals surface area contributed by atoms with Crippen LogP contribution in [0.1, 0.15) is 32.7 Å². The number of hydrogen-bond acceptors (Lipinski definition) is 4. The fourth-order valence-electron chi connectivity index (χ4n) is 3.13. The van der Waals surface area contributed by atoms with Crippen LogP contribution in [0.4, 0.5) is 5.69 Å². The van der Waals surface area contributed by atoms with E-state index in [0.717, 1.165) is 5.56 Å². The lowest BCUT2D eigenvalue weighted by molar-refractivity contribution is -0.139. The molecule has 1 saturated heterocycles. The van der Waals surface area contributed by atoms with Crippen molar-refractivity contribution in [3.63, 3.8) is 0 Å². The molecule has 7 nitrogen and oxygen atoms in total. The maximum atomic E-state index is 13.0. The zero-order valence-corrected chi connectivity index (χ0v) is 15.6. The summed E-state index contributed by atoms with van der Waals surface area (Å²) in [6.45, 7) is 2.74. The highest BCUT2D eigenvalue weighted by atomic mass is 16.5. The molecule has 3 rings (SSSR count). The van der Waals surface area contributed by atoms with Crippen molar-refractivity contribution in [1.82, 2.24) is 4.90 Å². The van der Waals surface area contributed by atoms with E-state index in [1.54, 1.807) is 42.5 Å². The van der Waals surface area contributed by atoms with Crippen molar-refractivity contribution in [2.24, 2.45) is 0 Å². The van der Waals surface area contributed by atoms with Gasteiger partial charge in [0, 0.05) is 23.4 Å². The Morgan fingerprint density at radius 2 is 1.89 bits per heavy atom. The lowest BCUT2D eigenvalue weighted by Gasteiger charge is -2.35. The van der Waals surface area contributed by atoms with E-state index >= 15 is 0 Å². The first-order valence-corrected chi connectivity index (χ1v) is 9.03. The number of carboxylic acid groups (broad SMARTS) is 1. The van der Waals surface area contributed by atoms with E-state index in [1.165, 1.54) is 4.90 Å². The van der Waals surface area contributed by atoms with E-state index < -0.39 is 12.0 Å². The molecule has 28 heavy (non-hydrogen) atoms. The van der Waals surface area contributed by atoms with E-state index in [-0.39, 0.29) is 24.8 Å². The molecule has 0 bridgehead atoms. The van der Waals surface area contributed by atoms with Gasteiger partial charge in [-0.3, -0.25) is 14.4 Å². The molecule has 2 amide bonds. The Labute approximate surface area is 162 Å². The predicted octanol–water partition coefficient (Wildman–Crippen LogP) is 2.56. The summed E-state index contributed by atoms with van der Waals surface area (Å²) in [6.07, 6.45) is -0.171. The highest BCUT2D eigenvalue weighted by molar-refractivity contribution is 6.05. The van der Waals surface area contributed by atoms with Crippen LogP contribution in [0.15, 0.2) is 48.5 Å². The third-order valence-electron chi connectivity index (χ3n) is 4.67. The molecule has 146 valence electrons. The minimum Gasteiger partial charge on any atom is -0.481 e. The average molecular weight is 382 g/mol. The maximum absolute atomic E-state index is 13.0. The number of aliphatic carboxylic acids is 1. The quantitative estimate of drug-likeness (QED) is 0.829. The Balaban J connectivity index is 1.80. The van der Waals surface area contributed by atoms with E-state index in [2.05, 4.69) is 5.32 Å². The van der Waals surface area contributed by atoms with Gasteiger partial charge >= 0.3 is 5.97 Å². The molecule has 1 unspecified atom stereocenters. The lowest BCUT2D eigenvalue weighted by atomic mass is 10.1. The molecule has 0 radical (unpaired) electrons. The van der Waals surface area contributed by atoms with Crippen LogP contribution < -0.4 is 5.32 Å². The Bertz CT molecular complexity index is 882. The number of morpholine rings is 1. The van der Waals surface area contributed by atoms with Crippen molar-refractivity contribution in [3.05, 3.63) is 65.2 Å². The van der Waals surface area contributed by atoms with E-state index in [0.29, 0.717) is 30.0 Å². The van der Waals surface area contributed by atoms with Gasteiger partial charge in [0.05, 0.1) is 25.7 Å². The summed E-state index contributed by atoms with van der Waals surface area (Å²) in [7, 11) is 0.